The summed E-state index contributed by atoms with van der Waals surface area (Å²) in [6, 6.07) is 13.6. The number of carbonyl (C=O) groups excluding carboxylic acids is 1. The first-order valence-corrected chi connectivity index (χ1v) is 7.76. The lowest BCUT2D eigenvalue weighted by molar-refractivity contribution is -0.120. The van der Waals surface area contributed by atoms with Crippen LogP contribution < -0.4 is 5.32 Å². The van der Waals surface area contributed by atoms with Crippen LogP contribution in [0.1, 0.15) is 17.2 Å². The lowest BCUT2D eigenvalue weighted by atomic mass is 10.1. The molecule has 3 nitrogen and oxygen atoms in total. The Hall–Kier alpha value is -1.91. The molecular formula is C18H20ClFN2O. The largest absolute Gasteiger partial charge is 0.354 e. The van der Waals surface area contributed by atoms with Gasteiger partial charge in [0.15, 0.2) is 0 Å². The van der Waals surface area contributed by atoms with E-state index in [-0.39, 0.29) is 17.8 Å². The molecule has 23 heavy (non-hydrogen) atoms. The summed E-state index contributed by atoms with van der Waals surface area (Å²) in [7, 11) is 3.86. The van der Waals surface area contributed by atoms with Crippen molar-refractivity contribution in [2.24, 2.45) is 0 Å². The first-order chi connectivity index (χ1) is 11.0. The van der Waals surface area contributed by atoms with Gasteiger partial charge in [0.1, 0.15) is 5.82 Å². The van der Waals surface area contributed by atoms with Gasteiger partial charge in [-0.05, 0) is 49.5 Å². The van der Waals surface area contributed by atoms with Crippen LogP contribution in [0.3, 0.4) is 0 Å². The number of nitrogens with one attached hydrogen (secondary N) is 1. The average molecular weight is 335 g/mol. The van der Waals surface area contributed by atoms with Gasteiger partial charge in [0, 0.05) is 11.6 Å². The first-order valence-electron chi connectivity index (χ1n) is 7.39. The van der Waals surface area contributed by atoms with Crippen molar-refractivity contribution < 1.29 is 9.18 Å². The molecule has 0 radical (unpaired) electrons. The number of likely N-dealkylation sites (N-methyl/N-ethyl adjacent to an activating group) is 1. The van der Waals surface area contributed by atoms with Crippen molar-refractivity contribution in [3.05, 3.63) is 70.5 Å². The Morgan fingerprint density at radius 3 is 2.30 bits per heavy atom. The Kier molecular flexibility index (Phi) is 6.13. The van der Waals surface area contributed by atoms with E-state index in [0.717, 1.165) is 11.1 Å². The molecule has 2 aromatic rings. The molecule has 0 saturated carbocycles. The highest BCUT2D eigenvalue weighted by molar-refractivity contribution is 6.30. The summed E-state index contributed by atoms with van der Waals surface area (Å²) in [5, 5.41) is 3.58. The number of carbonyl (C=O) groups is 1. The van der Waals surface area contributed by atoms with Gasteiger partial charge >= 0.3 is 0 Å². The van der Waals surface area contributed by atoms with Crippen LogP contribution in [0.15, 0.2) is 48.5 Å². The van der Waals surface area contributed by atoms with Crippen molar-refractivity contribution in [1.82, 2.24) is 10.2 Å². The molecule has 122 valence electrons. The fraction of sp³-hybridized carbons (Fsp3) is 0.278. The normalized spacial score (nSPS) is 12.2. The van der Waals surface area contributed by atoms with Crippen molar-refractivity contribution >= 4 is 17.5 Å². The van der Waals surface area contributed by atoms with Crippen molar-refractivity contribution in [2.45, 2.75) is 12.5 Å². The van der Waals surface area contributed by atoms with E-state index in [1.807, 2.05) is 31.1 Å². The molecule has 0 aliphatic carbocycles. The van der Waals surface area contributed by atoms with Crippen LogP contribution in [0.25, 0.3) is 0 Å². The minimum Gasteiger partial charge on any atom is -0.354 e. The van der Waals surface area contributed by atoms with E-state index >= 15 is 0 Å². The summed E-state index contributed by atoms with van der Waals surface area (Å²) in [6.07, 6.45) is 0.306. The van der Waals surface area contributed by atoms with Gasteiger partial charge in [-0.3, -0.25) is 4.79 Å². The SMILES string of the molecule is CN(C)[C@@H](CNC(=O)Cc1ccc(Cl)cc1)c1ccc(F)cc1. The van der Waals surface area contributed by atoms with E-state index < -0.39 is 0 Å². The van der Waals surface area contributed by atoms with Crippen LogP contribution in [0, 0.1) is 5.82 Å². The molecule has 0 aromatic heterocycles. The van der Waals surface area contributed by atoms with Crippen LogP contribution >= 0.6 is 11.6 Å². The van der Waals surface area contributed by atoms with Crippen LogP contribution in [0.4, 0.5) is 4.39 Å². The van der Waals surface area contributed by atoms with Crippen LogP contribution in [0.5, 0.6) is 0 Å². The summed E-state index contributed by atoms with van der Waals surface area (Å²) in [5.74, 6) is -0.320. The second-order valence-corrected chi connectivity index (χ2v) is 6.07. The van der Waals surface area contributed by atoms with Crippen molar-refractivity contribution in [1.29, 1.82) is 0 Å². The Morgan fingerprint density at radius 1 is 1.13 bits per heavy atom. The second-order valence-electron chi connectivity index (χ2n) is 5.64. The minimum atomic E-state index is -0.266. The van der Waals surface area contributed by atoms with E-state index in [4.69, 9.17) is 11.6 Å². The predicted octanol–water partition coefficient (Wildman–Crippen LogP) is 3.44. The zero-order valence-corrected chi connectivity index (χ0v) is 14.0. The molecule has 1 atom stereocenters. The molecule has 1 amide bonds. The molecule has 0 heterocycles. The Morgan fingerprint density at radius 2 is 1.74 bits per heavy atom. The van der Waals surface area contributed by atoms with Gasteiger partial charge in [-0.1, -0.05) is 35.9 Å². The number of hydrogen-bond donors (Lipinski definition) is 1. The number of amides is 1. The molecule has 1 N–H and O–H groups in total. The third kappa shape index (κ3) is 5.34. The van der Waals surface area contributed by atoms with Gasteiger partial charge in [0.25, 0.3) is 0 Å². The van der Waals surface area contributed by atoms with E-state index in [1.165, 1.54) is 12.1 Å². The minimum absolute atomic E-state index is 0.00947. The molecule has 0 fully saturated rings. The zero-order valence-electron chi connectivity index (χ0n) is 13.2. The molecule has 2 aromatic carbocycles. The first kappa shape index (κ1) is 17.4. The predicted molar refractivity (Wildman–Crippen MR) is 91.0 cm³/mol. The number of rotatable bonds is 6. The van der Waals surface area contributed by atoms with Gasteiger partial charge in [-0.15, -0.1) is 0 Å². The fourth-order valence-electron chi connectivity index (χ4n) is 2.34. The van der Waals surface area contributed by atoms with Gasteiger partial charge in [-0.25, -0.2) is 4.39 Å². The summed E-state index contributed by atoms with van der Waals surface area (Å²) in [4.78, 5) is 14.1. The van der Waals surface area contributed by atoms with Gasteiger partial charge in [0.05, 0.1) is 12.5 Å². The Bertz CT molecular complexity index is 641. The molecule has 0 saturated heterocycles. The molecule has 5 heteroatoms. The molecule has 0 unspecified atom stereocenters. The maximum atomic E-state index is 13.0. The topological polar surface area (TPSA) is 32.3 Å². The van der Waals surface area contributed by atoms with E-state index in [1.54, 1.807) is 24.3 Å². The summed E-state index contributed by atoms with van der Waals surface area (Å²) in [6.45, 7) is 0.463. The standard InChI is InChI=1S/C18H20ClFN2O/c1-22(2)17(14-5-9-16(20)10-6-14)12-21-18(23)11-13-3-7-15(19)8-4-13/h3-10,17H,11-12H2,1-2H3,(H,21,23)/t17-/m0/s1. The number of benzene rings is 2. The van der Waals surface area contributed by atoms with E-state index in [2.05, 4.69) is 5.32 Å². The number of hydrogen-bond acceptors (Lipinski definition) is 2. The van der Waals surface area contributed by atoms with Crippen molar-refractivity contribution in [3.63, 3.8) is 0 Å². The summed E-state index contributed by atoms with van der Waals surface area (Å²) >= 11 is 5.83. The van der Waals surface area contributed by atoms with Crippen LogP contribution in [-0.2, 0) is 11.2 Å². The molecule has 0 bridgehead atoms. The zero-order chi connectivity index (χ0) is 16.8. The molecule has 0 aliphatic heterocycles. The van der Waals surface area contributed by atoms with Crippen molar-refractivity contribution in [3.8, 4) is 0 Å². The second kappa shape index (κ2) is 8.09. The number of halogens is 2. The molecule has 0 aliphatic rings. The van der Waals surface area contributed by atoms with Crippen LogP contribution in [0.2, 0.25) is 5.02 Å². The third-order valence-corrected chi connectivity index (χ3v) is 3.90. The van der Waals surface area contributed by atoms with Gasteiger partial charge in [-0.2, -0.15) is 0 Å². The Balaban J connectivity index is 1.94. The molecule has 2 rings (SSSR count). The van der Waals surface area contributed by atoms with Gasteiger partial charge in [0.2, 0.25) is 5.91 Å². The maximum absolute atomic E-state index is 13.0. The smallest absolute Gasteiger partial charge is 0.224 e. The quantitative estimate of drug-likeness (QED) is 0.877. The van der Waals surface area contributed by atoms with Crippen LogP contribution in [-0.4, -0.2) is 31.4 Å². The lowest BCUT2D eigenvalue weighted by Gasteiger charge is -2.25. The number of nitrogens with zero attached hydrogens (tertiary/aromatic N) is 1. The monoisotopic (exact) mass is 334 g/mol. The lowest BCUT2D eigenvalue weighted by Crippen LogP contribution is -2.35. The summed E-state index contributed by atoms with van der Waals surface area (Å²) in [5.41, 5.74) is 1.87. The van der Waals surface area contributed by atoms with Gasteiger partial charge < -0.3 is 10.2 Å². The van der Waals surface area contributed by atoms with Crippen molar-refractivity contribution in [2.75, 3.05) is 20.6 Å². The fourth-order valence-corrected chi connectivity index (χ4v) is 2.47. The molecule has 0 spiro atoms. The Labute approximate surface area is 141 Å². The average Bonchev–Trinajstić information content (AvgIpc) is 2.51. The molecular weight excluding hydrogens is 315 g/mol. The third-order valence-electron chi connectivity index (χ3n) is 3.65. The maximum Gasteiger partial charge on any atom is 0.224 e. The van der Waals surface area contributed by atoms with E-state index in [9.17, 15) is 9.18 Å². The highest BCUT2D eigenvalue weighted by Crippen LogP contribution is 2.18. The summed E-state index contributed by atoms with van der Waals surface area (Å²) < 4.78 is 13.0. The highest BCUT2D eigenvalue weighted by Gasteiger charge is 2.15. The van der Waals surface area contributed by atoms with E-state index in [0.29, 0.717) is 18.0 Å². The highest BCUT2D eigenvalue weighted by atomic mass is 35.5.